The molecule has 2 atom stereocenters. The van der Waals surface area contributed by atoms with E-state index in [9.17, 15) is 9.50 Å². The zero-order valence-electron chi connectivity index (χ0n) is 13.5. The number of aliphatic hydroxyl groups is 1. The molecule has 24 heavy (non-hydrogen) atoms. The molecule has 4 heteroatoms. The maximum Gasteiger partial charge on any atom is 0.158 e. The number of halogens is 1. The molecule has 0 aliphatic heterocycles. The summed E-state index contributed by atoms with van der Waals surface area (Å²) in [5.74, 6) is 1.28. The molecule has 0 amide bonds. The smallest absolute Gasteiger partial charge is 0.158 e. The minimum absolute atomic E-state index is 0.00627. The van der Waals surface area contributed by atoms with Crippen molar-refractivity contribution in [2.24, 2.45) is 0 Å². The lowest BCUT2D eigenvalue weighted by Crippen LogP contribution is -2.88. The number of nitrogens with two attached hydrogens (primary N) is 1. The first-order chi connectivity index (χ1) is 11.6. The van der Waals surface area contributed by atoms with Gasteiger partial charge in [-0.25, -0.2) is 4.39 Å². The van der Waals surface area contributed by atoms with Crippen LogP contribution in [-0.4, -0.2) is 11.1 Å². The van der Waals surface area contributed by atoms with E-state index in [2.05, 4.69) is 0 Å². The van der Waals surface area contributed by atoms with E-state index in [1.54, 1.807) is 12.1 Å². The normalized spacial score (nSPS) is 13.6. The summed E-state index contributed by atoms with van der Waals surface area (Å²) in [7, 11) is 0. The van der Waals surface area contributed by atoms with Gasteiger partial charge in [-0.05, 0) is 48.9 Å². The third kappa shape index (κ3) is 3.91. The summed E-state index contributed by atoms with van der Waals surface area (Å²) >= 11 is 0. The highest BCUT2D eigenvalue weighted by Crippen LogP contribution is 2.22. The van der Waals surface area contributed by atoms with Crippen LogP contribution in [0, 0.1) is 5.82 Å². The lowest BCUT2D eigenvalue weighted by Gasteiger charge is -2.17. The highest BCUT2D eigenvalue weighted by Gasteiger charge is 2.19. The largest absolute Gasteiger partial charge is 0.455 e. The van der Waals surface area contributed by atoms with Gasteiger partial charge >= 0.3 is 0 Å². The van der Waals surface area contributed by atoms with E-state index in [1.165, 1.54) is 12.1 Å². The van der Waals surface area contributed by atoms with Crippen molar-refractivity contribution in [1.82, 2.24) is 0 Å². The van der Waals surface area contributed by atoms with Crippen molar-refractivity contribution in [2.75, 3.05) is 0 Å². The molecule has 0 unspecified atom stereocenters. The van der Waals surface area contributed by atoms with Crippen molar-refractivity contribution in [2.45, 2.75) is 25.6 Å². The summed E-state index contributed by atoms with van der Waals surface area (Å²) in [6.07, 6.45) is -0.530. The summed E-state index contributed by atoms with van der Waals surface area (Å²) in [5.41, 5.74) is 1.76. The van der Waals surface area contributed by atoms with E-state index >= 15 is 0 Å². The van der Waals surface area contributed by atoms with Crippen molar-refractivity contribution in [3.63, 3.8) is 0 Å². The van der Waals surface area contributed by atoms with E-state index in [0.717, 1.165) is 22.6 Å². The second kappa shape index (κ2) is 7.43. The summed E-state index contributed by atoms with van der Waals surface area (Å²) in [5, 5.41) is 12.4. The number of rotatable bonds is 6. The van der Waals surface area contributed by atoms with Gasteiger partial charge in [0.2, 0.25) is 0 Å². The second-order valence-corrected chi connectivity index (χ2v) is 5.93. The molecule has 0 saturated carbocycles. The van der Waals surface area contributed by atoms with Crippen LogP contribution in [0.4, 0.5) is 4.39 Å². The highest BCUT2D eigenvalue weighted by molar-refractivity contribution is 5.57. The van der Waals surface area contributed by atoms with Crippen LogP contribution in [0.5, 0.6) is 0 Å². The minimum Gasteiger partial charge on any atom is -0.455 e. The molecular formula is C20H21FNO2+. The van der Waals surface area contributed by atoms with Crippen LogP contribution in [0.25, 0.3) is 11.3 Å². The molecule has 0 aliphatic carbocycles. The first-order valence-electron chi connectivity index (χ1n) is 8.04. The molecule has 3 aromatic rings. The van der Waals surface area contributed by atoms with Crippen molar-refractivity contribution in [3.8, 4) is 11.3 Å². The maximum absolute atomic E-state index is 13.0. The Morgan fingerprint density at radius 3 is 2.42 bits per heavy atom. The average molecular weight is 326 g/mol. The molecule has 1 heterocycles. The van der Waals surface area contributed by atoms with Crippen LogP contribution in [0.2, 0.25) is 0 Å². The molecular weight excluding hydrogens is 305 g/mol. The van der Waals surface area contributed by atoms with Crippen LogP contribution < -0.4 is 5.32 Å². The number of benzene rings is 2. The van der Waals surface area contributed by atoms with Crippen LogP contribution in [-0.2, 0) is 6.54 Å². The number of hydrogen-bond donors (Lipinski definition) is 2. The van der Waals surface area contributed by atoms with Gasteiger partial charge in [-0.2, -0.15) is 0 Å². The Hall–Kier alpha value is -2.43. The van der Waals surface area contributed by atoms with E-state index in [0.29, 0.717) is 6.54 Å². The lowest BCUT2D eigenvalue weighted by molar-refractivity contribution is -0.710. The molecule has 124 valence electrons. The Labute approximate surface area is 140 Å². The van der Waals surface area contributed by atoms with Gasteiger partial charge in [-0.15, -0.1) is 0 Å². The van der Waals surface area contributed by atoms with Gasteiger partial charge in [0, 0.05) is 5.56 Å². The second-order valence-electron chi connectivity index (χ2n) is 5.93. The molecule has 0 saturated heterocycles. The van der Waals surface area contributed by atoms with Gasteiger partial charge < -0.3 is 14.8 Å². The molecule has 0 aliphatic rings. The third-order valence-electron chi connectivity index (χ3n) is 4.12. The van der Waals surface area contributed by atoms with E-state index in [1.807, 2.05) is 54.7 Å². The zero-order chi connectivity index (χ0) is 16.9. The molecule has 3 nitrogen and oxygen atoms in total. The fraction of sp³-hybridized carbons (Fsp3) is 0.200. The van der Waals surface area contributed by atoms with Gasteiger partial charge in [0.05, 0.1) is 0 Å². The minimum atomic E-state index is -0.530. The van der Waals surface area contributed by atoms with Crippen LogP contribution in [0.15, 0.2) is 71.1 Å². The summed E-state index contributed by atoms with van der Waals surface area (Å²) in [4.78, 5) is 0. The van der Waals surface area contributed by atoms with Gasteiger partial charge in [-0.3, -0.25) is 0 Å². The summed E-state index contributed by atoms with van der Waals surface area (Å²) in [6, 6.07) is 19.7. The van der Waals surface area contributed by atoms with Gasteiger partial charge in [0.1, 0.15) is 30.3 Å². The number of furan rings is 1. The monoisotopic (exact) mass is 326 g/mol. The molecule has 2 aromatic carbocycles. The van der Waals surface area contributed by atoms with E-state index in [-0.39, 0.29) is 11.9 Å². The Morgan fingerprint density at radius 2 is 1.71 bits per heavy atom. The van der Waals surface area contributed by atoms with Crippen molar-refractivity contribution in [1.29, 1.82) is 0 Å². The zero-order valence-corrected chi connectivity index (χ0v) is 13.5. The van der Waals surface area contributed by atoms with Crippen LogP contribution in [0.1, 0.15) is 24.4 Å². The first kappa shape index (κ1) is 16.4. The van der Waals surface area contributed by atoms with Crippen molar-refractivity contribution >= 4 is 0 Å². The van der Waals surface area contributed by atoms with E-state index in [4.69, 9.17) is 4.42 Å². The number of hydrogen-bond acceptors (Lipinski definition) is 2. The molecule has 0 spiro atoms. The average Bonchev–Trinajstić information content (AvgIpc) is 3.09. The predicted octanol–water partition coefficient (Wildman–Crippen LogP) is 3.27. The summed E-state index contributed by atoms with van der Waals surface area (Å²) in [6.45, 7) is 2.62. The Kier molecular flexibility index (Phi) is 5.08. The van der Waals surface area contributed by atoms with E-state index < -0.39 is 6.10 Å². The van der Waals surface area contributed by atoms with Crippen molar-refractivity contribution in [3.05, 3.63) is 83.9 Å². The molecule has 0 bridgehead atoms. The SMILES string of the molecule is C[C@H]([NH2+]Cc1ccc(-c2ccc(F)cc2)o1)[C@H](O)c1ccccc1. The third-order valence-corrected chi connectivity index (χ3v) is 4.12. The Balaban J connectivity index is 1.60. The van der Waals surface area contributed by atoms with Gasteiger partial charge in [-0.1, -0.05) is 30.3 Å². The molecule has 3 rings (SSSR count). The number of quaternary nitrogens is 1. The Morgan fingerprint density at radius 1 is 1.00 bits per heavy atom. The topological polar surface area (TPSA) is 50.0 Å². The van der Waals surface area contributed by atoms with Crippen molar-refractivity contribution < 1.29 is 19.2 Å². The van der Waals surface area contributed by atoms with Gasteiger partial charge in [0.15, 0.2) is 5.76 Å². The standard InChI is InChI=1S/C20H20FNO2/c1-14(20(23)16-5-3-2-4-6-16)22-13-18-11-12-19(24-18)15-7-9-17(21)10-8-15/h2-12,14,20,22-23H,13H2,1H3/p+1/t14-,20-/m0/s1. The molecule has 3 N–H and O–H groups in total. The van der Waals surface area contributed by atoms with Crippen LogP contribution >= 0.6 is 0 Å². The highest BCUT2D eigenvalue weighted by atomic mass is 19.1. The quantitative estimate of drug-likeness (QED) is 0.730. The fourth-order valence-corrected chi connectivity index (χ4v) is 2.64. The first-order valence-corrected chi connectivity index (χ1v) is 8.04. The molecule has 0 radical (unpaired) electrons. The van der Waals surface area contributed by atoms with Gasteiger partial charge in [0.25, 0.3) is 0 Å². The molecule has 1 aromatic heterocycles. The number of aliphatic hydroxyl groups excluding tert-OH is 1. The maximum atomic E-state index is 13.0. The summed E-state index contributed by atoms with van der Waals surface area (Å²) < 4.78 is 18.8. The molecule has 0 fully saturated rings. The predicted molar refractivity (Wildman–Crippen MR) is 90.6 cm³/mol. The Bertz CT molecular complexity index is 768. The fourth-order valence-electron chi connectivity index (χ4n) is 2.64. The lowest BCUT2D eigenvalue weighted by atomic mass is 10.0. The van der Waals surface area contributed by atoms with Crippen LogP contribution in [0.3, 0.4) is 0 Å².